The van der Waals surface area contributed by atoms with Gasteiger partial charge in [0.05, 0.1) is 24.1 Å². The Balaban J connectivity index is 1.62. The number of carbonyl (C=O) groups excluding carboxylic acids is 1. The Labute approximate surface area is 175 Å². The summed E-state index contributed by atoms with van der Waals surface area (Å²) in [7, 11) is 1.67. The Morgan fingerprint density at radius 1 is 1.38 bits per heavy atom. The molecule has 0 aliphatic carbocycles. The van der Waals surface area contributed by atoms with E-state index in [1.165, 1.54) is 11.8 Å². The molecule has 0 spiro atoms. The van der Waals surface area contributed by atoms with E-state index in [-0.39, 0.29) is 17.2 Å². The third-order valence-electron chi connectivity index (χ3n) is 4.90. The standard InChI is InChI=1S/C21H28N4O3S/c1-3-4-10-22-19(26)14-29-21-23-17-9-11-25(13-16(17)20(27)24-21)12-15-7-5-6-8-18(15)28-2/h5-8H,3-4,9-14H2,1-2H3,(H,22,26)(H,23,24,27). The van der Waals surface area contributed by atoms with Crippen molar-refractivity contribution in [2.45, 2.75) is 44.4 Å². The molecule has 0 unspecified atom stereocenters. The predicted molar refractivity (Wildman–Crippen MR) is 114 cm³/mol. The van der Waals surface area contributed by atoms with E-state index in [1.807, 2.05) is 24.3 Å². The lowest BCUT2D eigenvalue weighted by Gasteiger charge is -2.28. The maximum Gasteiger partial charge on any atom is 0.256 e. The van der Waals surface area contributed by atoms with Crippen LogP contribution in [0.5, 0.6) is 5.75 Å². The van der Waals surface area contributed by atoms with Crippen LogP contribution >= 0.6 is 11.8 Å². The number of methoxy groups -OCH3 is 1. The van der Waals surface area contributed by atoms with E-state index in [0.717, 1.165) is 42.9 Å². The van der Waals surface area contributed by atoms with Gasteiger partial charge < -0.3 is 15.0 Å². The van der Waals surface area contributed by atoms with Crippen LogP contribution in [-0.2, 0) is 24.3 Å². The van der Waals surface area contributed by atoms with Crippen LogP contribution in [0.3, 0.4) is 0 Å². The van der Waals surface area contributed by atoms with Crippen LogP contribution in [0.4, 0.5) is 0 Å². The topological polar surface area (TPSA) is 87.3 Å². The number of amides is 1. The molecule has 2 N–H and O–H groups in total. The van der Waals surface area contributed by atoms with Crippen LogP contribution in [-0.4, -0.2) is 46.7 Å². The SMILES string of the molecule is CCCCNC(=O)CSc1nc2c(c(=O)[nH]1)CN(Cc1ccccc1OC)CC2. The first-order valence-electron chi connectivity index (χ1n) is 9.96. The number of benzene rings is 1. The molecule has 0 atom stereocenters. The fourth-order valence-electron chi connectivity index (χ4n) is 3.33. The number of aromatic amines is 1. The number of H-pyrrole nitrogens is 1. The number of nitrogens with one attached hydrogen (secondary N) is 2. The van der Waals surface area contributed by atoms with Gasteiger partial charge in [-0.25, -0.2) is 4.98 Å². The number of rotatable bonds is 9. The first-order valence-corrected chi connectivity index (χ1v) is 10.9. The smallest absolute Gasteiger partial charge is 0.256 e. The molecule has 7 nitrogen and oxygen atoms in total. The van der Waals surface area contributed by atoms with E-state index in [9.17, 15) is 9.59 Å². The highest BCUT2D eigenvalue weighted by atomic mass is 32.2. The summed E-state index contributed by atoms with van der Waals surface area (Å²) in [5.74, 6) is 1.08. The second kappa shape index (κ2) is 10.5. The van der Waals surface area contributed by atoms with E-state index in [4.69, 9.17) is 4.74 Å². The molecule has 0 radical (unpaired) electrons. The third kappa shape index (κ3) is 5.83. The van der Waals surface area contributed by atoms with Crippen LogP contribution in [0.2, 0.25) is 0 Å². The monoisotopic (exact) mass is 416 g/mol. The molecule has 1 amide bonds. The molecular formula is C21H28N4O3S. The number of carbonyl (C=O) groups is 1. The maximum atomic E-state index is 12.6. The number of para-hydroxylation sites is 1. The minimum Gasteiger partial charge on any atom is -0.496 e. The lowest BCUT2D eigenvalue weighted by Crippen LogP contribution is -2.35. The summed E-state index contributed by atoms with van der Waals surface area (Å²) in [6.07, 6.45) is 2.72. The molecule has 1 aromatic carbocycles. The molecule has 0 fully saturated rings. The summed E-state index contributed by atoms with van der Waals surface area (Å²) in [6.45, 7) is 4.87. The predicted octanol–water partition coefficient (Wildman–Crippen LogP) is 2.35. The first kappa shape index (κ1) is 21.4. The van der Waals surface area contributed by atoms with Crippen molar-refractivity contribution in [3.05, 3.63) is 51.4 Å². The average Bonchev–Trinajstić information content (AvgIpc) is 2.73. The summed E-state index contributed by atoms with van der Waals surface area (Å²) < 4.78 is 5.43. The molecule has 0 bridgehead atoms. The molecule has 2 heterocycles. The third-order valence-corrected chi connectivity index (χ3v) is 5.78. The van der Waals surface area contributed by atoms with E-state index >= 15 is 0 Å². The Morgan fingerprint density at radius 3 is 3.00 bits per heavy atom. The Kier molecular flexibility index (Phi) is 7.71. The fourth-order valence-corrected chi connectivity index (χ4v) is 4.03. The van der Waals surface area contributed by atoms with Crippen molar-refractivity contribution in [2.75, 3.05) is 26.0 Å². The zero-order chi connectivity index (χ0) is 20.6. The molecule has 1 aliphatic heterocycles. The summed E-state index contributed by atoms with van der Waals surface area (Å²) in [6, 6.07) is 7.93. The lowest BCUT2D eigenvalue weighted by atomic mass is 10.1. The summed E-state index contributed by atoms with van der Waals surface area (Å²) in [5, 5.41) is 3.38. The minimum atomic E-state index is -0.117. The van der Waals surface area contributed by atoms with Gasteiger partial charge in [-0.3, -0.25) is 14.5 Å². The highest BCUT2D eigenvalue weighted by Crippen LogP contribution is 2.23. The van der Waals surface area contributed by atoms with Crippen molar-refractivity contribution in [1.29, 1.82) is 0 Å². The van der Waals surface area contributed by atoms with Gasteiger partial charge in [0.15, 0.2) is 5.16 Å². The van der Waals surface area contributed by atoms with E-state index < -0.39 is 0 Å². The van der Waals surface area contributed by atoms with Crippen LogP contribution in [0.25, 0.3) is 0 Å². The molecule has 8 heteroatoms. The van der Waals surface area contributed by atoms with Crippen LogP contribution < -0.4 is 15.6 Å². The van der Waals surface area contributed by atoms with Crippen molar-refractivity contribution in [1.82, 2.24) is 20.2 Å². The zero-order valence-corrected chi connectivity index (χ0v) is 17.8. The van der Waals surface area contributed by atoms with Gasteiger partial charge in [0.2, 0.25) is 5.91 Å². The van der Waals surface area contributed by atoms with Crippen molar-refractivity contribution in [3.8, 4) is 5.75 Å². The number of hydrogen-bond acceptors (Lipinski definition) is 6. The Hall–Kier alpha value is -2.32. The van der Waals surface area contributed by atoms with Gasteiger partial charge in [-0.1, -0.05) is 43.3 Å². The molecule has 0 saturated heterocycles. The van der Waals surface area contributed by atoms with Gasteiger partial charge in [0.1, 0.15) is 5.75 Å². The van der Waals surface area contributed by atoms with Gasteiger partial charge >= 0.3 is 0 Å². The number of nitrogens with zero attached hydrogens (tertiary/aromatic N) is 2. The van der Waals surface area contributed by atoms with Gasteiger partial charge in [-0.15, -0.1) is 0 Å². The van der Waals surface area contributed by atoms with Gasteiger partial charge in [-0.2, -0.15) is 0 Å². The molecule has 3 rings (SSSR count). The summed E-state index contributed by atoms with van der Waals surface area (Å²) >= 11 is 1.27. The molecule has 1 aliphatic rings. The fraction of sp³-hybridized carbons (Fsp3) is 0.476. The molecule has 1 aromatic heterocycles. The second-order valence-corrected chi connectivity index (χ2v) is 8.03. The highest BCUT2D eigenvalue weighted by molar-refractivity contribution is 7.99. The van der Waals surface area contributed by atoms with Crippen LogP contribution in [0.1, 0.15) is 36.6 Å². The summed E-state index contributed by atoms with van der Waals surface area (Å²) in [4.78, 5) is 34.1. The van der Waals surface area contributed by atoms with E-state index in [2.05, 4.69) is 27.1 Å². The number of unbranched alkanes of at least 4 members (excludes halogenated alkanes) is 1. The number of hydrogen-bond donors (Lipinski definition) is 2. The normalized spacial score (nSPS) is 13.7. The molecule has 29 heavy (non-hydrogen) atoms. The minimum absolute atomic E-state index is 0.0354. The van der Waals surface area contributed by atoms with Crippen molar-refractivity contribution in [2.24, 2.45) is 0 Å². The second-order valence-electron chi connectivity index (χ2n) is 7.06. The lowest BCUT2D eigenvalue weighted by molar-refractivity contribution is -0.118. The number of thioether (sulfide) groups is 1. The van der Waals surface area contributed by atoms with Gasteiger partial charge in [-0.05, 0) is 12.5 Å². The Morgan fingerprint density at radius 2 is 2.21 bits per heavy atom. The van der Waals surface area contributed by atoms with Crippen LogP contribution in [0.15, 0.2) is 34.2 Å². The van der Waals surface area contributed by atoms with Crippen LogP contribution in [0, 0.1) is 0 Å². The summed E-state index contributed by atoms with van der Waals surface area (Å²) in [5.41, 5.74) is 2.53. The van der Waals surface area contributed by atoms with Crippen molar-refractivity contribution >= 4 is 17.7 Å². The van der Waals surface area contributed by atoms with E-state index in [0.29, 0.717) is 30.2 Å². The maximum absolute atomic E-state index is 12.6. The van der Waals surface area contributed by atoms with Crippen molar-refractivity contribution < 1.29 is 9.53 Å². The molecule has 0 saturated carbocycles. The Bertz CT molecular complexity index is 900. The zero-order valence-electron chi connectivity index (χ0n) is 17.0. The molecular weight excluding hydrogens is 388 g/mol. The largest absolute Gasteiger partial charge is 0.496 e. The number of fused-ring (bicyclic) bond motifs is 1. The average molecular weight is 417 g/mol. The van der Waals surface area contributed by atoms with Gasteiger partial charge in [0.25, 0.3) is 5.56 Å². The number of ether oxygens (including phenoxy) is 1. The van der Waals surface area contributed by atoms with Crippen molar-refractivity contribution in [3.63, 3.8) is 0 Å². The number of aromatic nitrogens is 2. The highest BCUT2D eigenvalue weighted by Gasteiger charge is 2.22. The molecule has 2 aromatic rings. The van der Waals surface area contributed by atoms with E-state index in [1.54, 1.807) is 7.11 Å². The first-order chi connectivity index (χ1) is 14.1. The molecule has 156 valence electrons. The van der Waals surface area contributed by atoms with Gasteiger partial charge in [0, 0.05) is 38.2 Å². The quantitative estimate of drug-likeness (QED) is 0.371.